The van der Waals surface area contributed by atoms with Gasteiger partial charge in [-0.05, 0) is 68.1 Å². The van der Waals surface area contributed by atoms with E-state index in [0.717, 1.165) is 67.6 Å². The Labute approximate surface area is 380 Å². The van der Waals surface area contributed by atoms with Crippen molar-refractivity contribution in [1.82, 2.24) is 35.5 Å². The third-order valence-electron chi connectivity index (χ3n) is 13.0. The van der Waals surface area contributed by atoms with Gasteiger partial charge < -0.3 is 40.3 Å². The number of benzene rings is 3. The van der Waals surface area contributed by atoms with E-state index in [1.807, 2.05) is 35.2 Å². The van der Waals surface area contributed by atoms with Crippen molar-refractivity contribution in [2.24, 2.45) is 0 Å². The van der Waals surface area contributed by atoms with Crippen molar-refractivity contribution in [3.63, 3.8) is 0 Å². The molecule has 9 rings (SSSR count). The maximum Gasteiger partial charge on any atom is 0.266 e. The first kappa shape index (κ1) is 43.9. The van der Waals surface area contributed by atoms with E-state index in [4.69, 9.17) is 15.2 Å². The van der Waals surface area contributed by atoms with E-state index in [1.54, 1.807) is 12.1 Å². The van der Waals surface area contributed by atoms with Crippen molar-refractivity contribution in [1.29, 1.82) is 0 Å². The number of ether oxygens (including phenoxy) is 2. The van der Waals surface area contributed by atoms with Gasteiger partial charge in [0.25, 0.3) is 17.7 Å². The highest BCUT2D eigenvalue weighted by molar-refractivity contribution is 6.24. The van der Waals surface area contributed by atoms with Crippen LogP contribution in [0.3, 0.4) is 0 Å². The van der Waals surface area contributed by atoms with E-state index < -0.39 is 42.2 Å². The number of piperazine rings is 2. The molecule has 0 spiro atoms. The fourth-order valence-corrected chi connectivity index (χ4v) is 9.66. The highest BCUT2D eigenvalue weighted by Crippen LogP contribution is 2.40. The Hall–Kier alpha value is -7.28. The first-order valence-electron chi connectivity index (χ1n) is 22.4. The van der Waals surface area contributed by atoms with Crippen LogP contribution >= 0.6 is 0 Å². The predicted molar refractivity (Wildman–Crippen MR) is 241 cm³/mol. The normalized spacial score (nSPS) is 20.6. The Balaban J connectivity index is 0.675. The number of amides is 6. The van der Waals surface area contributed by atoms with Crippen molar-refractivity contribution in [2.75, 3.05) is 81.1 Å². The van der Waals surface area contributed by atoms with Crippen LogP contribution in [-0.2, 0) is 19.2 Å². The summed E-state index contributed by atoms with van der Waals surface area (Å²) in [5, 5.41) is 23.8. The number of hydrogen-bond donors (Lipinski definition) is 4. The lowest BCUT2D eigenvalue weighted by Gasteiger charge is -2.43. The van der Waals surface area contributed by atoms with Crippen LogP contribution < -0.4 is 35.6 Å². The molecule has 0 saturated carbocycles. The number of aromatic hydroxyl groups is 1. The van der Waals surface area contributed by atoms with Crippen LogP contribution in [0.4, 0.5) is 17.2 Å². The number of fused-ring (bicyclic) bond motifs is 3. The minimum absolute atomic E-state index is 0.00259. The second-order valence-corrected chi connectivity index (χ2v) is 17.2. The summed E-state index contributed by atoms with van der Waals surface area (Å²) in [6.07, 6.45) is 2.85. The van der Waals surface area contributed by atoms with Gasteiger partial charge in [-0.3, -0.25) is 43.9 Å². The molecule has 4 fully saturated rings. The predicted octanol–water partition coefficient (Wildman–Crippen LogP) is 2.19. The SMILES string of the molecule is Nc1nnc(-c2ccccc2O)cc1N1CC2CCC(C1)N2c1cccc(OCCN2CCN(C(=O)CCCNC(=O)COc3cccc4c3C(=O)N(C3CCC(=O)NC3=O)C4=O)CC2)c1. The summed E-state index contributed by atoms with van der Waals surface area (Å²) in [5.74, 6) is -1.65. The highest BCUT2D eigenvalue weighted by atomic mass is 16.5. The molecule has 19 heteroatoms. The van der Waals surface area contributed by atoms with Crippen LogP contribution in [0, 0.1) is 0 Å². The zero-order chi connectivity index (χ0) is 45.9. The third kappa shape index (κ3) is 9.15. The average molecular weight is 901 g/mol. The first-order chi connectivity index (χ1) is 32.0. The van der Waals surface area contributed by atoms with Crippen molar-refractivity contribution in [3.8, 4) is 28.5 Å². The van der Waals surface area contributed by atoms with E-state index in [-0.39, 0.29) is 66.4 Å². The molecule has 66 heavy (non-hydrogen) atoms. The summed E-state index contributed by atoms with van der Waals surface area (Å²) in [4.78, 5) is 85.8. The molecule has 6 amide bonds. The van der Waals surface area contributed by atoms with Crippen molar-refractivity contribution < 1.29 is 43.3 Å². The van der Waals surface area contributed by atoms with Gasteiger partial charge >= 0.3 is 0 Å². The van der Waals surface area contributed by atoms with Gasteiger partial charge in [0.1, 0.15) is 29.9 Å². The molecule has 2 bridgehead atoms. The topological polar surface area (TPSA) is 233 Å². The van der Waals surface area contributed by atoms with Crippen molar-refractivity contribution in [2.45, 2.75) is 56.7 Å². The molecule has 5 aliphatic rings. The number of nitrogens with two attached hydrogens (primary N) is 1. The van der Waals surface area contributed by atoms with Gasteiger partial charge in [-0.15, -0.1) is 10.2 Å². The summed E-state index contributed by atoms with van der Waals surface area (Å²) in [6.45, 7) is 5.28. The highest BCUT2D eigenvalue weighted by Gasteiger charge is 2.46. The maximum absolute atomic E-state index is 13.3. The van der Waals surface area contributed by atoms with Gasteiger partial charge in [-0.25, -0.2) is 0 Å². The van der Waals surface area contributed by atoms with E-state index in [9.17, 15) is 33.9 Å². The molecule has 1 aromatic heterocycles. The largest absolute Gasteiger partial charge is 0.507 e. The van der Waals surface area contributed by atoms with Crippen LogP contribution in [0.1, 0.15) is 59.2 Å². The van der Waals surface area contributed by atoms with Gasteiger partial charge in [0.05, 0.1) is 22.5 Å². The second kappa shape index (κ2) is 19.1. The molecule has 4 aromatic rings. The fraction of sp³-hybridized carbons (Fsp3) is 0.404. The van der Waals surface area contributed by atoms with E-state index in [1.165, 1.54) is 18.2 Å². The third-order valence-corrected chi connectivity index (χ3v) is 13.0. The van der Waals surface area contributed by atoms with Gasteiger partial charge in [-0.1, -0.05) is 24.3 Å². The number of imide groups is 2. The fourth-order valence-electron chi connectivity index (χ4n) is 9.66. The van der Waals surface area contributed by atoms with Gasteiger partial charge in [0.15, 0.2) is 12.4 Å². The summed E-state index contributed by atoms with van der Waals surface area (Å²) in [6, 6.07) is 21.2. The minimum atomic E-state index is -1.11. The first-order valence-corrected chi connectivity index (χ1v) is 22.4. The molecule has 3 atom stereocenters. The molecule has 5 N–H and O–H groups in total. The summed E-state index contributed by atoms with van der Waals surface area (Å²) < 4.78 is 11.9. The summed E-state index contributed by atoms with van der Waals surface area (Å²) in [7, 11) is 0. The number of anilines is 3. The molecule has 0 aliphatic carbocycles. The van der Waals surface area contributed by atoms with Gasteiger partial charge in [-0.2, -0.15) is 0 Å². The lowest BCUT2D eigenvalue weighted by atomic mass is 10.0. The zero-order valence-corrected chi connectivity index (χ0v) is 36.4. The summed E-state index contributed by atoms with van der Waals surface area (Å²) in [5.41, 5.74) is 9.52. The van der Waals surface area contributed by atoms with E-state index in [2.05, 4.69) is 47.7 Å². The smallest absolute Gasteiger partial charge is 0.266 e. The van der Waals surface area contributed by atoms with Crippen LogP contribution in [0.2, 0.25) is 0 Å². The van der Waals surface area contributed by atoms with E-state index >= 15 is 0 Å². The van der Waals surface area contributed by atoms with E-state index in [0.29, 0.717) is 43.2 Å². The minimum Gasteiger partial charge on any atom is -0.507 e. The molecular formula is C47H52N10O9. The number of para-hydroxylation sites is 1. The second-order valence-electron chi connectivity index (χ2n) is 17.2. The number of carbonyl (C=O) groups is 6. The Kier molecular flexibility index (Phi) is 12.7. The molecule has 6 heterocycles. The molecule has 344 valence electrons. The number of phenolic OH excluding ortho intramolecular Hbond substituents is 1. The lowest BCUT2D eigenvalue weighted by molar-refractivity contribution is -0.136. The average Bonchev–Trinajstić information content (AvgIpc) is 3.74. The molecule has 3 aromatic carbocycles. The number of rotatable bonds is 15. The zero-order valence-electron chi connectivity index (χ0n) is 36.4. The number of piperidine rings is 1. The van der Waals surface area contributed by atoms with Crippen LogP contribution in [0.25, 0.3) is 11.3 Å². The molecule has 5 aliphatic heterocycles. The Morgan fingerprint density at radius 1 is 0.848 bits per heavy atom. The number of nitrogens with one attached hydrogen (secondary N) is 2. The molecule has 19 nitrogen and oxygen atoms in total. The Morgan fingerprint density at radius 2 is 1.61 bits per heavy atom. The number of aromatic nitrogens is 2. The Bertz CT molecular complexity index is 2530. The van der Waals surface area contributed by atoms with Crippen LogP contribution in [-0.4, -0.2) is 149 Å². The number of hydrogen-bond acceptors (Lipinski definition) is 15. The van der Waals surface area contributed by atoms with Crippen molar-refractivity contribution >= 4 is 52.6 Å². The van der Waals surface area contributed by atoms with Crippen LogP contribution in [0.5, 0.6) is 17.2 Å². The summed E-state index contributed by atoms with van der Waals surface area (Å²) >= 11 is 0. The molecule has 4 saturated heterocycles. The number of carbonyl (C=O) groups excluding carboxylic acids is 6. The molecule has 0 radical (unpaired) electrons. The molecular weight excluding hydrogens is 849 g/mol. The quantitative estimate of drug-likeness (QED) is 0.0990. The molecule has 3 unspecified atom stereocenters. The Morgan fingerprint density at radius 3 is 2.38 bits per heavy atom. The number of phenols is 1. The maximum atomic E-state index is 13.3. The van der Waals surface area contributed by atoms with Crippen molar-refractivity contribution in [3.05, 3.63) is 83.9 Å². The number of nitrogens with zero attached hydrogens (tertiary/aromatic N) is 7. The van der Waals surface area contributed by atoms with Crippen LogP contribution in [0.15, 0.2) is 72.8 Å². The van der Waals surface area contributed by atoms with Gasteiger partial charge in [0, 0.05) is 94.6 Å². The number of nitrogen functional groups attached to an aromatic ring is 1. The van der Waals surface area contributed by atoms with Gasteiger partial charge in [0.2, 0.25) is 17.7 Å². The lowest BCUT2D eigenvalue weighted by Crippen LogP contribution is -2.54. The monoisotopic (exact) mass is 900 g/mol. The standard InChI is InChI=1S/C47H52N10O9/c48-44-37(25-35(51-52-44)33-8-1-2-10-38(33)58)55-26-30-13-14-31(27-55)56(30)29-6-3-7-32(24-29)65-23-22-53-18-20-54(21-19-53)42(61)12-5-17-49-41(60)28-66-39-11-4-9-34-43(39)47(64)57(46(34)63)36-15-16-40(59)50-45(36)62/h1-4,6-11,24-25,30-31,36,58H,5,12-23,26-28H2,(H2,48,52)(H,49,60)(H,50,59,62).